The Labute approximate surface area is 84.9 Å². The zero-order valence-corrected chi connectivity index (χ0v) is 7.60. The number of nitrogens with zero attached hydrogens (tertiary/aromatic N) is 2. The van der Waals surface area contributed by atoms with Crippen molar-refractivity contribution >= 4 is 11.9 Å². The summed E-state index contributed by atoms with van der Waals surface area (Å²) in [4.78, 5) is 22.0. The summed E-state index contributed by atoms with van der Waals surface area (Å²) < 4.78 is 0. The number of carbonyl (C=O) groups excluding carboxylic acids is 1. The fourth-order valence-electron chi connectivity index (χ4n) is 0.861. The van der Waals surface area contributed by atoms with Crippen molar-refractivity contribution in [2.24, 2.45) is 0 Å². The third-order valence-electron chi connectivity index (χ3n) is 1.57. The Hall–Kier alpha value is -2.36. The smallest absolute Gasteiger partial charge is 0.327 e. The van der Waals surface area contributed by atoms with E-state index in [1.54, 1.807) is 0 Å². The van der Waals surface area contributed by atoms with E-state index in [-0.39, 0.29) is 12.1 Å². The SMILES string of the molecule is C#CCC(NC(=O)c1cn[nH]n1)C(=O)O. The molecule has 1 heterocycles. The lowest BCUT2D eigenvalue weighted by Crippen LogP contribution is -2.40. The molecular weight excluding hydrogens is 200 g/mol. The van der Waals surface area contributed by atoms with Gasteiger partial charge < -0.3 is 10.4 Å². The normalized spacial score (nSPS) is 11.4. The molecule has 15 heavy (non-hydrogen) atoms. The Kier molecular flexibility index (Phi) is 3.40. The van der Waals surface area contributed by atoms with Crippen molar-refractivity contribution in [2.45, 2.75) is 12.5 Å². The number of hydrogen-bond donors (Lipinski definition) is 3. The quantitative estimate of drug-likeness (QED) is 0.550. The number of terminal acetylenes is 1. The monoisotopic (exact) mass is 208 g/mol. The molecule has 0 fully saturated rings. The molecule has 0 spiro atoms. The van der Waals surface area contributed by atoms with Crippen LogP contribution in [0.15, 0.2) is 6.20 Å². The number of hydrogen-bond acceptors (Lipinski definition) is 4. The van der Waals surface area contributed by atoms with Gasteiger partial charge in [-0.2, -0.15) is 15.4 Å². The molecule has 1 amide bonds. The summed E-state index contributed by atoms with van der Waals surface area (Å²) >= 11 is 0. The van der Waals surface area contributed by atoms with E-state index < -0.39 is 17.9 Å². The first kappa shape index (κ1) is 10.7. The summed E-state index contributed by atoms with van der Waals surface area (Å²) in [5, 5.41) is 20.1. The molecule has 0 aliphatic carbocycles. The minimum atomic E-state index is -1.19. The summed E-state index contributed by atoms with van der Waals surface area (Å²) in [6.45, 7) is 0. The number of carboxylic acids is 1. The van der Waals surface area contributed by atoms with Crippen LogP contribution in [0.2, 0.25) is 0 Å². The predicted molar refractivity (Wildman–Crippen MR) is 48.7 cm³/mol. The zero-order valence-electron chi connectivity index (χ0n) is 7.60. The van der Waals surface area contributed by atoms with Gasteiger partial charge in [-0.1, -0.05) is 0 Å². The maximum atomic E-state index is 11.3. The molecule has 7 heteroatoms. The molecule has 1 atom stereocenters. The average Bonchev–Trinajstić information content (AvgIpc) is 2.69. The Morgan fingerprint density at radius 1 is 1.73 bits per heavy atom. The Bertz CT molecular complexity index is 393. The largest absolute Gasteiger partial charge is 0.480 e. The summed E-state index contributed by atoms with van der Waals surface area (Å²) in [5.41, 5.74) is 0.0123. The van der Waals surface area contributed by atoms with Gasteiger partial charge in [0.25, 0.3) is 5.91 Å². The molecule has 0 aromatic carbocycles. The topological polar surface area (TPSA) is 108 Å². The second-order valence-corrected chi connectivity index (χ2v) is 2.63. The van der Waals surface area contributed by atoms with E-state index >= 15 is 0 Å². The fraction of sp³-hybridized carbons (Fsp3) is 0.250. The first-order valence-electron chi connectivity index (χ1n) is 3.98. The molecule has 3 N–H and O–H groups in total. The van der Waals surface area contributed by atoms with E-state index in [0.29, 0.717) is 0 Å². The molecule has 1 rings (SSSR count). The lowest BCUT2D eigenvalue weighted by Gasteiger charge is -2.09. The van der Waals surface area contributed by atoms with Crippen LogP contribution < -0.4 is 5.32 Å². The second kappa shape index (κ2) is 4.76. The number of aromatic amines is 1. The van der Waals surface area contributed by atoms with E-state index in [0.717, 1.165) is 0 Å². The third-order valence-corrected chi connectivity index (χ3v) is 1.57. The summed E-state index contributed by atoms with van der Waals surface area (Å²) in [6, 6.07) is -1.11. The van der Waals surface area contributed by atoms with Gasteiger partial charge in [-0.05, 0) is 0 Å². The van der Waals surface area contributed by atoms with Gasteiger partial charge in [0, 0.05) is 6.42 Å². The van der Waals surface area contributed by atoms with Crippen LogP contribution in [0.25, 0.3) is 0 Å². The standard InChI is InChI=1S/C8H8N4O3/c1-2-3-5(8(14)15)10-7(13)6-4-9-12-11-6/h1,4-5H,3H2,(H,10,13)(H,14,15)(H,9,11,12). The van der Waals surface area contributed by atoms with Gasteiger partial charge in [-0.15, -0.1) is 12.3 Å². The highest BCUT2D eigenvalue weighted by Gasteiger charge is 2.20. The van der Waals surface area contributed by atoms with Crippen molar-refractivity contribution in [2.75, 3.05) is 0 Å². The number of carbonyl (C=O) groups is 2. The highest BCUT2D eigenvalue weighted by molar-refractivity contribution is 5.94. The van der Waals surface area contributed by atoms with Crippen molar-refractivity contribution in [3.05, 3.63) is 11.9 Å². The van der Waals surface area contributed by atoms with Crippen LogP contribution >= 0.6 is 0 Å². The van der Waals surface area contributed by atoms with E-state index in [4.69, 9.17) is 11.5 Å². The summed E-state index contributed by atoms with van der Waals surface area (Å²) in [6.07, 6.45) is 6.06. The van der Waals surface area contributed by atoms with Gasteiger partial charge in [0.2, 0.25) is 0 Å². The van der Waals surface area contributed by atoms with Crippen LogP contribution in [0.3, 0.4) is 0 Å². The van der Waals surface area contributed by atoms with Crippen molar-refractivity contribution in [1.82, 2.24) is 20.7 Å². The first-order valence-corrected chi connectivity index (χ1v) is 3.98. The number of aromatic nitrogens is 3. The van der Waals surface area contributed by atoms with Gasteiger partial charge in [0.1, 0.15) is 6.04 Å². The lowest BCUT2D eigenvalue weighted by atomic mass is 10.2. The molecule has 1 aromatic heterocycles. The van der Waals surface area contributed by atoms with Crippen molar-refractivity contribution in [1.29, 1.82) is 0 Å². The van der Waals surface area contributed by atoms with Gasteiger partial charge in [0.15, 0.2) is 5.69 Å². The highest BCUT2D eigenvalue weighted by Crippen LogP contribution is 1.95. The molecule has 0 bridgehead atoms. The van der Waals surface area contributed by atoms with Crippen LogP contribution in [0.4, 0.5) is 0 Å². The molecule has 1 aromatic rings. The molecule has 0 saturated heterocycles. The zero-order chi connectivity index (χ0) is 11.3. The maximum absolute atomic E-state index is 11.3. The second-order valence-electron chi connectivity index (χ2n) is 2.63. The van der Waals surface area contributed by atoms with E-state index in [2.05, 4.69) is 26.6 Å². The van der Waals surface area contributed by atoms with Gasteiger partial charge in [-0.3, -0.25) is 4.79 Å². The Morgan fingerprint density at radius 2 is 2.47 bits per heavy atom. The van der Waals surface area contributed by atoms with Crippen molar-refractivity contribution in [3.8, 4) is 12.3 Å². The van der Waals surface area contributed by atoms with Crippen LogP contribution in [-0.2, 0) is 4.79 Å². The minimum Gasteiger partial charge on any atom is -0.480 e. The molecule has 7 nitrogen and oxygen atoms in total. The molecule has 78 valence electrons. The van der Waals surface area contributed by atoms with E-state index in [9.17, 15) is 9.59 Å². The molecule has 0 aliphatic rings. The number of aliphatic carboxylic acids is 1. The number of nitrogens with one attached hydrogen (secondary N) is 2. The van der Waals surface area contributed by atoms with E-state index in [1.807, 2.05) is 0 Å². The number of rotatable bonds is 4. The maximum Gasteiger partial charge on any atom is 0.327 e. The van der Waals surface area contributed by atoms with Crippen LogP contribution in [0.1, 0.15) is 16.9 Å². The predicted octanol–water partition coefficient (Wildman–Crippen LogP) is -0.989. The molecule has 1 unspecified atom stereocenters. The van der Waals surface area contributed by atoms with Gasteiger partial charge >= 0.3 is 5.97 Å². The summed E-state index contributed by atoms with van der Waals surface area (Å²) in [5.74, 6) is 0.337. The van der Waals surface area contributed by atoms with Crippen molar-refractivity contribution in [3.63, 3.8) is 0 Å². The number of amides is 1. The van der Waals surface area contributed by atoms with Crippen LogP contribution in [0, 0.1) is 12.3 Å². The molecule has 0 aliphatic heterocycles. The molecule has 0 saturated carbocycles. The average molecular weight is 208 g/mol. The summed E-state index contributed by atoms with van der Waals surface area (Å²) in [7, 11) is 0. The van der Waals surface area contributed by atoms with Crippen LogP contribution in [0.5, 0.6) is 0 Å². The lowest BCUT2D eigenvalue weighted by molar-refractivity contribution is -0.139. The number of H-pyrrole nitrogens is 1. The fourth-order valence-corrected chi connectivity index (χ4v) is 0.861. The van der Waals surface area contributed by atoms with Crippen molar-refractivity contribution < 1.29 is 14.7 Å². The minimum absolute atomic E-state index is 0.0123. The van der Waals surface area contributed by atoms with Gasteiger partial charge in [-0.25, -0.2) is 4.79 Å². The first-order chi connectivity index (χ1) is 7.15. The van der Waals surface area contributed by atoms with E-state index in [1.165, 1.54) is 6.20 Å². The van der Waals surface area contributed by atoms with Gasteiger partial charge in [0.05, 0.1) is 6.20 Å². The number of carboxylic acid groups (broad SMARTS) is 1. The Balaban J connectivity index is 2.64. The molecular formula is C8H8N4O3. The molecule has 0 radical (unpaired) electrons. The van der Waals surface area contributed by atoms with Crippen LogP contribution in [-0.4, -0.2) is 38.4 Å². The Morgan fingerprint density at radius 3 is 2.93 bits per heavy atom. The third kappa shape index (κ3) is 2.80. The highest BCUT2D eigenvalue weighted by atomic mass is 16.4.